The minimum Gasteiger partial charge on any atom is -0.491 e. The van der Waals surface area contributed by atoms with Crippen molar-refractivity contribution in [2.45, 2.75) is 25.2 Å². The van der Waals surface area contributed by atoms with Crippen molar-refractivity contribution in [1.82, 2.24) is 19.9 Å². The molecule has 3 aromatic rings. The summed E-state index contributed by atoms with van der Waals surface area (Å²) in [7, 11) is 0. The van der Waals surface area contributed by atoms with Crippen molar-refractivity contribution in [2.75, 3.05) is 39.3 Å². The molecule has 0 spiro atoms. The number of alkyl halides is 3. The third kappa shape index (κ3) is 6.56. The summed E-state index contributed by atoms with van der Waals surface area (Å²) in [6, 6.07) is 10.2. The van der Waals surface area contributed by atoms with E-state index in [2.05, 4.69) is 19.9 Å². The molecule has 1 fully saturated rings. The Morgan fingerprint density at radius 3 is 2.49 bits per heavy atom. The van der Waals surface area contributed by atoms with Gasteiger partial charge in [-0.3, -0.25) is 9.80 Å². The first-order valence-corrected chi connectivity index (χ1v) is 11.2. The van der Waals surface area contributed by atoms with Gasteiger partial charge in [0.25, 0.3) is 0 Å². The Morgan fingerprint density at radius 2 is 1.80 bits per heavy atom. The molecule has 2 unspecified atom stereocenters. The summed E-state index contributed by atoms with van der Waals surface area (Å²) in [6.07, 6.45) is -5.15. The predicted octanol–water partition coefficient (Wildman–Crippen LogP) is 4.01. The second-order valence-corrected chi connectivity index (χ2v) is 8.47. The van der Waals surface area contributed by atoms with Crippen LogP contribution >= 0.6 is 0 Å². The Labute approximate surface area is 199 Å². The number of halogens is 4. The zero-order chi connectivity index (χ0) is 25.0. The number of ether oxygens (including phenoxy) is 1. The zero-order valence-electron chi connectivity index (χ0n) is 19.1. The van der Waals surface area contributed by atoms with Gasteiger partial charge in [-0.15, -0.1) is 0 Å². The molecule has 4 rings (SSSR count). The maximum absolute atomic E-state index is 13.0. The molecule has 1 saturated heterocycles. The van der Waals surface area contributed by atoms with Gasteiger partial charge in [0.1, 0.15) is 24.3 Å². The highest BCUT2D eigenvalue weighted by atomic mass is 19.4. The fraction of sp³-hybridized carbons (Fsp3) is 0.417. The number of piperazine rings is 1. The number of aliphatic hydroxyl groups is 1. The molecule has 35 heavy (non-hydrogen) atoms. The average Bonchev–Trinajstić information content (AvgIpc) is 3.34. The van der Waals surface area contributed by atoms with Crippen molar-refractivity contribution in [3.05, 3.63) is 65.8 Å². The molecular weight excluding hydrogens is 468 g/mol. The van der Waals surface area contributed by atoms with Crippen LogP contribution in [0.2, 0.25) is 0 Å². The summed E-state index contributed by atoms with van der Waals surface area (Å²) in [4.78, 5) is 8.58. The number of hydrogen-bond acceptors (Lipinski definition) is 7. The highest BCUT2D eigenvalue weighted by molar-refractivity contribution is 5.55. The van der Waals surface area contributed by atoms with Crippen LogP contribution < -0.4 is 4.74 Å². The third-order valence-electron chi connectivity index (χ3n) is 5.93. The molecule has 1 aliphatic heterocycles. The second kappa shape index (κ2) is 10.7. The van der Waals surface area contributed by atoms with Crippen molar-refractivity contribution in [3.63, 3.8) is 0 Å². The lowest BCUT2D eigenvalue weighted by molar-refractivity contribution is -0.137. The summed E-state index contributed by atoms with van der Waals surface area (Å²) in [6.45, 7) is 5.22. The van der Waals surface area contributed by atoms with Gasteiger partial charge < -0.3 is 14.4 Å². The Morgan fingerprint density at radius 1 is 1.09 bits per heavy atom. The van der Waals surface area contributed by atoms with E-state index in [9.17, 15) is 22.7 Å². The minimum absolute atomic E-state index is 0.0998. The number of aromatic nitrogens is 2. The van der Waals surface area contributed by atoms with Crippen LogP contribution in [0.4, 0.5) is 17.6 Å². The number of rotatable bonds is 8. The standard InChI is InChI=1S/C24H26F4N4O3/c1-16(23-29-22(30-35-23)17-3-2-4-18(13-17)24(26,27)28)32-11-9-31(10-12-32)14-20(33)15-34-21-7-5-19(25)6-8-21/h2-8,13,16,20,33H,9-12,14-15H2,1H3. The number of aliphatic hydroxyl groups excluding tert-OH is 1. The Balaban J connectivity index is 1.27. The molecule has 1 aromatic heterocycles. The average molecular weight is 494 g/mol. The SMILES string of the molecule is CC(c1nc(-c2cccc(C(F)(F)F)c2)no1)N1CCN(CC(O)COc2ccc(F)cc2)CC1. The van der Waals surface area contributed by atoms with Crippen LogP contribution in [-0.4, -0.2) is 70.5 Å². The number of β-amino-alcohol motifs (C(OH)–C–C–N with tert-alkyl or cyclic N) is 1. The van der Waals surface area contributed by atoms with E-state index in [4.69, 9.17) is 9.26 Å². The topological polar surface area (TPSA) is 74.9 Å². The Kier molecular flexibility index (Phi) is 7.68. The quantitative estimate of drug-likeness (QED) is 0.475. The highest BCUT2D eigenvalue weighted by Crippen LogP contribution is 2.32. The normalized spacial score (nSPS) is 17.3. The number of benzene rings is 2. The van der Waals surface area contributed by atoms with Crippen LogP contribution in [0.3, 0.4) is 0 Å². The molecule has 2 heterocycles. The van der Waals surface area contributed by atoms with Gasteiger partial charge in [0.05, 0.1) is 11.6 Å². The van der Waals surface area contributed by atoms with Crippen molar-refractivity contribution in [1.29, 1.82) is 0 Å². The van der Waals surface area contributed by atoms with Crippen LogP contribution in [-0.2, 0) is 6.18 Å². The summed E-state index contributed by atoms with van der Waals surface area (Å²) in [5.74, 6) is 0.588. The van der Waals surface area contributed by atoms with Gasteiger partial charge in [0.15, 0.2) is 0 Å². The van der Waals surface area contributed by atoms with Gasteiger partial charge in [0, 0.05) is 38.3 Å². The van der Waals surface area contributed by atoms with Gasteiger partial charge in [-0.2, -0.15) is 18.2 Å². The second-order valence-electron chi connectivity index (χ2n) is 8.47. The molecule has 0 radical (unpaired) electrons. The third-order valence-corrected chi connectivity index (χ3v) is 5.93. The summed E-state index contributed by atoms with van der Waals surface area (Å²) in [5.41, 5.74) is -0.528. The van der Waals surface area contributed by atoms with E-state index in [0.29, 0.717) is 44.4 Å². The van der Waals surface area contributed by atoms with Crippen LogP contribution in [0.25, 0.3) is 11.4 Å². The van der Waals surface area contributed by atoms with Gasteiger partial charge >= 0.3 is 6.18 Å². The fourth-order valence-electron chi connectivity index (χ4n) is 3.92. The Bertz CT molecular complexity index is 1100. The van der Waals surface area contributed by atoms with E-state index in [0.717, 1.165) is 12.1 Å². The molecule has 2 atom stereocenters. The maximum Gasteiger partial charge on any atom is 0.416 e. The van der Waals surface area contributed by atoms with Gasteiger partial charge in [-0.1, -0.05) is 17.3 Å². The number of nitrogens with zero attached hydrogens (tertiary/aromatic N) is 4. The Hall–Kier alpha value is -3.02. The van der Waals surface area contributed by atoms with E-state index in [1.165, 1.54) is 36.4 Å². The first kappa shape index (κ1) is 25.1. The van der Waals surface area contributed by atoms with E-state index in [-0.39, 0.29) is 29.9 Å². The molecular formula is C24H26F4N4O3. The van der Waals surface area contributed by atoms with Gasteiger partial charge in [-0.05, 0) is 43.3 Å². The highest BCUT2D eigenvalue weighted by Gasteiger charge is 2.31. The molecule has 0 amide bonds. The van der Waals surface area contributed by atoms with E-state index < -0.39 is 17.8 Å². The molecule has 1 N–H and O–H groups in total. The molecule has 7 nitrogen and oxygen atoms in total. The minimum atomic E-state index is -4.45. The largest absolute Gasteiger partial charge is 0.491 e. The van der Waals surface area contributed by atoms with Crippen molar-refractivity contribution >= 4 is 0 Å². The lowest BCUT2D eigenvalue weighted by atomic mass is 10.1. The summed E-state index contributed by atoms with van der Waals surface area (Å²) < 4.78 is 62.8. The monoisotopic (exact) mass is 494 g/mol. The van der Waals surface area contributed by atoms with E-state index in [1.54, 1.807) is 0 Å². The molecule has 188 valence electrons. The molecule has 0 aliphatic carbocycles. The first-order valence-electron chi connectivity index (χ1n) is 11.2. The summed E-state index contributed by atoms with van der Waals surface area (Å²) in [5, 5.41) is 14.2. The van der Waals surface area contributed by atoms with Gasteiger partial charge in [-0.25, -0.2) is 4.39 Å². The number of hydrogen-bond donors (Lipinski definition) is 1. The maximum atomic E-state index is 13.0. The first-order chi connectivity index (χ1) is 16.7. The molecule has 0 bridgehead atoms. The van der Waals surface area contributed by atoms with Crippen molar-refractivity contribution in [2.24, 2.45) is 0 Å². The molecule has 2 aromatic carbocycles. The van der Waals surface area contributed by atoms with E-state index in [1.807, 2.05) is 6.92 Å². The lowest BCUT2D eigenvalue weighted by Gasteiger charge is -2.37. The van der Waals surface area contributed by atoms with Crippen LogP contribution in [0.5, 0.6) is 5.75 Å². The van der Waals surface area contributed by atoms with Crippen molar-refractivity contribution in [3.8, 4) is 17.1 Å². The predicted molar refractivity (Wildman–Crippen MR) is 119 cm³/mol. The fourth-order valence-corrected chi connectivity index (χ4v) is 3.92. The van der Waals surface area contributed by atoms with Crippen LogP contribution in [0.15, 0.2) is 53.1 Å². The summed E-state index contributed by atoms with van der Waals surface area (Å²) >= 11 is 0. The van der Waals surface area contributed by atoms with Crippen LogP contribution in [0, 0.1) is 5.82 Å². The van der Waals surface area contributed by atoms with Crippen molar-refractivity contribution < 1.29 is 31.9 Å². The molecule has 0 saturated carbocycles. The smallest absolute Gasteiger partial charge is 0.416 e. The molecule has 1 aliphatic rings. The molecule has 11 heteroatoms. The lowest BCUT2D eigenvalue weighted by Crippen LogP contribution is -2.49. The van der Waals surface area contributed by atoms with E-state index >= 15 is 0 Å². The van der Waals surface area contributed by atoms with Crippen LogP contribution in [0.1, 0.15) is 24.4 Å². The zero-order valence-corrected chi connectivity index (χ0v) is 19.1. The van der Waals surface area contributed by atoms with Gasteiger partial charge in [0.2, 0.25) is 11.7 Å².